The van der Waals surface area contributed by atoms with Gasteiger partial charge in [-0.3, -0.25) is 9.78 Å². The minimum absolute atomic E-state index is 0.181. The second-order valence-corrected chi connectivity index (χ2v) is 6.45. The SMILES string of the molecule is Cc1noc(C)c1-c1ccc2c(Nc3ccccc3F)c(C(N)=O)cnc2c1. The van der Waals surface area contributed by atoms with Crippen molar-refractivity contribution in [2.24, 2.45) is 5.73 Å². The van der Waals surface area contributed by atoms with Crippen LogP contribution in [-0.4, -0.2) is 16.0 Å². The minimum atomic E-state index is -0.650. The summed E-state index contributed by atoms with van der Waals surface area (Å²) in [7, 11) is 0. The topological polar surface area (TPSA) is 94.0 Å². The van der Waals surface area contributed by atoms with Crippen molar-refractivity contribution in [3.63, 3.8) is 0 Å². The van der Waals surface area contributed by atoms with Gasteiger partial charge in [0.25, 0.3) is 5.91 Å². The van der Waals surface area contributed by atoms with Gasteiger partial charge < -0.3 is 15.6 Å². The van der Waals surface area contributed by atoms with Gasteiger partial charge >= 0.3 is 0 Å². The van der Waals surface area contributed by atoms with Crippen molar-refractivity contribution < 1.29 is 13.7 Å². The second kappa shape index (κ2) is 6.77. The zero-order valence-corrected chi connectivity index (χ0v) is 15.3. The van der Waals surface area contributed by atoms with Gasteiger partial charge in [0.2, 0.25) is 0 Å². The van der Waals surface area contributed by atoms with E-state index in [0.717, 1.165) is 16.8 Å². The lowest BCUT2D eigenvalue weighted by Gasteiger charge is -2.14. The molecule has 2 aromatic carbocycles. The Bertz CT molecular complexity index is 1200. The molecule has 0 spiro atoms. The fourth-order valence-electron chi connectivity index (χ4n) is 3.26. The first kappa shape index (κ1) is 17.7. The van der Waals surface area contributed by atoms with Crippen molar-refractivity contribution in [2.75, 3.05) is 5.32 Å². The fourth-order valence-corrected chi connectivity index (χ4v) is 3.26. The maximum atomic E-state index is 14.1. The van der Waals surface area contributed by atoms with Crippen LogP contribution < -0.4 is 11.1 Å². The van der Waals surface area contributed by atoms with Crippen LogP contribution in [0, 0.1) is 19.7 Å². The van der Waals surface area contributed by atoms with Gasteiger partial charge in [-0.1, -0.05) is 29.4 Å². The van der Waals surface area contributed by atoms with Crippen molar-refractivity contribution in [1.29, 1.82) is 0 Å². The molecular formula is C21H17FN4O2. The molecule has 0 bridgehead atoms. The number of benzene rings is 2. The van der Waals surface area contributed by atoms with Crippen LogP contribution in [0.25, 0.3) is 22.0 Å². The molecule has 0 fully saturated rings. The molecule has 4 rings (SSSR count). The van der Waals surface area contributed by atoms with Crippen LogP contribution in [0.5, 0.6) is 0 Å². The Kier molecular flexibility index (Phi) is 4.27. The second-order valence-electron chi connectivity index (χ2n) is 6.45. The van der Waals surface area contributed by atoms with Gasteiger partial charge in [-0.15, -0.1) is 0 Å². The van der Waals surface area contributed by atoms with E-state index >= 15 is 0 Å². The third kappa shape index (κ3) is 2.96. The van der Waals surface area contributed by atoms with Gasteiger partial charge in [0.05, 0.1) is 28.1 Å². The quantitative estimate of drug-likeness (QED) is 0.547. The number of hydrogen-bond donors (Lipinski definition) is 2. The number of nitrogens with one attached hydrogen (secondary N) is 1. The van der Waals surface area contributed by atoms with Gasteiger partial charge in [0.1, 0.15) is 11.6 Å². The highest BCUT2D eigenvalue weighted by atomic mass is 19.1. The largest absolute Gasteiger partial charge is 0.365 e. The lowest BCUT2D eigenvalue weighted by molar-refractivity contribution is 0.100. The van der Waals surface area contributed by atoms with Gasteiger partial charge in [-0.25, -0.2) is 4.39 Å². The molecule has 6 nitrogen and oxygen atoms in total. The number of carbonyl (C=O) groups is 1. The van der Waals surface area contributed by atoms with E-state index in [4.69, 9.17) is 10.3 Å². The van der Waals surface area contributed by atoms with E-state index in [9.17, 15) is 9.18 Å². The Morgan fingerprint density at radius 2 is 1.96 bits per heavy atom. The van der Waals surface area contributed by atoms with Crippen LogP contribution in [0.15, 0.2) is 53.2 Å². The number of aromatic nitrogens is 2. The van der Waals surface area contributed by atoms with Crippen LogP contribution in [0.4, 0.5) is 15.8 Å². The average molecular weight is 376 g/mol. The number of carbonyl (C=O) groups excluding carboxylic acids is 1. The number of primary amides is 1. The van der Waals surface area contributed by atoms with Crippen molar-refractivity contribution in [3.8, 4) is 11.1 Å². The van der Waals surface area contributed by atoms with E-state index < -0.39 is 11.7 Å². The van der Waals surface area contributed by atoms with E-state index in [1.807, 2.05) is 32.0 Å². The molecule has 7 heteroatoms. The maximum absolute atomic E-state index is 14.1. The average Bonchev–Trinajstić information content (AvgIpc) is 3.01. The number of anilines is 2. The van der Waals surface area contributed by atoms with Crippen LogP contribution in [-0.2, 0) is 0 Å². The molecule has 0 saturated heterocycles. The molecule has 0 aliphatic heterocycles. The van der Waals surface area contributed by atoms with Crippen LogP contribution in [0.3, 0.4) is 0 Å². The van der Waals surface area contributed by atoms with Gasteiger partial charge in [-0.05, 0) is 37.6 Å². The lowest BCUT2D eigenvalue weighted by atomic mass is 10.0. The number of rotatable bonds is 4. The lowest BCUT2D eigenvalue weighted by Crippen LogP contribution is -2.14. The summed E-state index contributed by atoms with van der Waals surface area (Å²) >= 11 is 0. The molecule has 3 N–H and O–H groups in total. The number of pyridine rings is 1. The van der Waals surface area contributed by atoms with Crippen LogP contribution in [0.1, 0.15) is 21.8 Å². The minimum Gasteiger partial charge on any atom is -0.365 e. The molecule has 0 aliphatic carbocycles. The predicted octanol–water partition coefficient (Wildman–Crippen LogP) is 4.49. The smallest absolute Gasteiger partial charge is 0.252 e. The Balaban J connectivity index is 1.90. The van der Waals surface area contributed by atoms with Crippen molar-refractivity contribution >= 4 is 28.2 Å². The molecule has 0 atom stereocenters. The monoisotopic (exact) mass is 376 g/mol. The summed E-state index contributed by atoms with van der Waals surface area (Å²) in [5.74, 6) is -0.381. The first-order valence-electron chi connectivity index (χ1n) is 8.63. The van der Waals surface area contributed by atoms with Crippen LogP contribution in [0.2, 0.25) is 0 Å². The molecule has 4 aromatic rings. The van der Waals surface area contributed by atoms with Crippen molar-refractivity contribution in [3.05, 3.63) is 71.5 Å². The molecule has 0 unspecified atom stereocenters. The van der Waals surface area contributed by atoms with E-state index in [1.165, 1.54) is 12.3 Å². The summed E-state index contributed by atoms with van der Waals surface area (Å²) in [6.07, 6.45) is 1.39. The summed E-state index contributed by atoms with van der Waals surface area (Å²) < 4.78 is 19.4. The van der Waals surface area contributed by atoms with Gasteiger partial charge in [0.15, 0.2) is 0 Å². The summed E-state index contributed by atoms with van der Waals surface area (Å²) in [6, 6.07) is 11.8. The summed E-state index contributed by atoms with van der Waals surface area (Å²) in [6.45, 7) is 3.71. The predicted molar refractivity (Wildman–Crippen MR) is 105 cm³/mol. The molecule has 2 heterocycles. The number of amides is 1. The number of halogens is 1. The zero-order valence-electron chi connectivity index (χ0n) is 15.3. The van der Waals surface area contributed by atoms with E-state index in [1.54, 1.807) is 18.2 Å². The molecule has 2 aromatic heterocycles. The highest BCUT2D eigenvalue weighted by Crippen LogP contribution is 2.34. The summed E-state index contributed by atoms with van der Waals surface area (Å²) in [5, 5.41) is 7.63. The number of aryl methyl sites for hydroxylation is 2. The van der Waals surface area contributed by atoms with E-state index in [-0.39, 0.29) is 11.3 Å². The van der Waals surface area contributed by atoms with Gasteiger partial charge in [0, 0.05) is 17.1 Å². The zero-order chi connectivity index (χ0) is 19.8. The van der Waals surface area contributed by atoms with Crippen LogP contribution >= 0.6 is 0 Å². The Labute approximate surface area is 160 Å². The third-order valence-electron chi connectivity index (χ3n) is 4.59. The standard InChI is InChI=1S/C21H17FN4O2/c1-11-19(12(2)28-26-11)13-7-8-14-18(9-13)24-10-15(21(23)27)20(14)25-17-6-4-3-5-16(17)22/h3-10H,1-2H3,(H2,23,27)(H,24,25). The van der Waals surface area contributed by atoms with Gasteiger partial charge in [-0.2, -0.15) is 0 Å². The number of para-hydroxylation sites is 1. The molecule has 1 amide bonds. The number of nitrogens with two attached hydrogens (primary N) is 1. The van der Waals surface area contributed by atoms with E-state index in [2.05, 4.69) is 15.5 Å². The Hall–Kier alpha value is -3.74. The Morgan fingerprint density at radius 1 is 1.18 bits per heavy atom. The van der Waals surface area contributed by atoms with Crippen molar-refractivity contribution in [2.45, 2.75) is 13.8 Å². The molecule has 140 valence electrons. The molecule has 0 saturated carbocycles. The van der Waals surface area contributed by atoms with E-state index in [0.29, 0.717) is 22.4 Å². The maximum Gasteiger partial charge on any atom is 0.252 e. The molecule has 0 aliphatic rings. The van der Waals surface area contributed by atoms with Crippen molar-refractivity contribution in [1.82, 2.24) is 10.1 Å². The summed E-state index contributed by atoms with van der Waals surface area (Å²) in [5.41, 5.74) is 9.53. The number of nitrogens with zero attached hydrogens (tertiary/aromatic N) is 2. The highest BCUT2D eigenvalue weighted by molar-refractivity contribution is 6.08. The molecule has 28 heavy (non-hydrogen) atoms. The first-order chi connectivity index (χ1) is 13.5. The first-order valence-corrected chi connectivity index (χ1v) is 8.63. The fraction of sp³-hybridized carbons (Fsp3) is 0.0952. The normalized spacial score (nSPS) is 11.0. The third-order valence-corrected chi connectivity index (χ3v) is 4.59. The Morgan fingerprint density at radius 3 is 2.64 bits per heavy atom. The summed E-state index contributed by atoms with van der Waals surface area (Å²) in [4.78, 5) is 16.3. The molecule has 0 radical (unpaired) electrons. The number of fused-ring (bicyclic) bond motifs is 1. The molecular weight excluding hydrogens is 359 g/mol. The number of hydrogen-bond acceptors (Lipinski definition) is 5. The highest BCUT2D eigenvalue weighted by Gasteiger charge is 2.17.